The van der Waals surface area contributed by atoms with Crippen LogP contribution in [0.25, 0.3) is 5.65 Å². The topological polar surface area (TPSA) is 56.2 Å². The minimum Gasteiger partial charge on any atom is -0.324 e. The second-order valence-corrected chi connectivity index (χ2v) is 6.36. The van der Waals surface area contributed by atoms with E-state index >= 15 is 0 Å². The zero-order valence-electron chi connectivity index (χ0n) is 10.8. The molecular weight excluding hydrogens is 336 g/mol. The average Bonchev–Trinajstić information content (AvgIpc) is 2.84. The molecule has 0 bridgehead atoms. The van der Waals surface area contributed by atoms with Gasteiger partial charge in [0.15, 0.2) is 10.8 Å². The van der Waals surface area contributed by atoms with Crippen LogP contribution in [0.4, 0.5) is 0 Å². The molecule has 0 radical (unpaired) electrons. The predicted octanol–water partition coefficient (Wildman–Crippen LogP) is 3.66. The van der Waals surface area contributed by atoms with Gasteiger partial charge in [-0.15, -0.1) is 10.2 Å². The molecular formula is C14H13BrN4S. The van der Waals surface area contributed by atoms with Crippen molar-refractivity contribution < 1.29 is 0 Å². The number of nitrogens with two attached hydrogens (primary N) is 1. The molecule has 1 atom stereocenters. The van der Waals surface area contributed by atoms with Gasteiger partial charge in [-0.3, -0.25) is 4.40 Å². The van der Waals surface area contributed by atoms with E-state index in [4.69, 9.17) is 5.73 Å². The van der Waals surface area contributed by atoms with E-state index in [0.717, 1.165) is 25.7 Å². The molecule has 3 rings (SSSR count). The first kappa shape index (κ1) is 13.6. The Labute approximate surface area is 129 Å². The molecule has 20 heavy (non-hydrogen) atoms. The van der Waals surface area contributed by atoms with E-state index in [9.17, 15) is 0 Å². The fourth-order valence-electron chi connectivity index (χ4n) is 1.87. The van der Waals surface area contributed by atoms with E-state index in [1.165, 1.54) is 0 Å². The average molecular weight is 349 g/mol. The first-order valence-corrected chi connectivity index (χ1v) is 7.79. The van der Waals surface area contributed by atoms with Crippen molar-refractivity contribution in [2.75, 3.05) is 0 Å². The van der Waals surface area contributed by atoms with Gasteiger partial charge in [0.1, 0.15) is 0 Å². The first-order valence-electron chi connectivity index (χ1n) is 6.18. The highest BCUT2D eigenvalue weighted by atomic mass is 79.9. The molecule has 1 aromatic carbocycles. The van der Waals surface area contributed by atoms with Gasteiger partial charge in [-0.2, -0.15) is 0 Å². The molecule has 0 aliphatic carbocycles. The minimum absolute atomic E-state index is 0.0271. The van der Waals surface area contributed by atoms with Crippen LogP contribution in [0.1, 0.15) is 18.5 Å². The van der Waals surface area contributed by atoms with E-state index in [2.05, 4.69) is 38.3 Å². The second-order valence-electron chi connectivity index (χ2n) is 4.49. The van der Waals surface area contributed by atoms with Crippen molar-refractivity contribution in [1.29, 1.82) is 0 Å². The van der Waals surface area contributed by atoms with Gasteiger partial charge in [-0.25, -0.2) is 0 Å². The van der Waals surface area contributed by atoms with Gasteiger partial charge in [-0.05, 0) is 64.4 Å². The van der Waals surface area contributed by atoms with Crippen molar-refractivity contribution in [2.24, 2.45) is 5.73 Å². The number of halogens is 1. The SMILES string of the molecule is CC(N)c1ccc(Sc2nnc3ccccn23)c(Br)c1. The van der Waals surface area contributed by atoms with Crippen LogP contribution >= 0.6 is 27.7 Å². The monoisotopic (exact) mass is 348 g/mol. The maximum atomic E-state index is 5.89. The summed E-state index contributed by atoms with van der Waals surface area (Å²) in [6.07, 6.45) is 1.96. The molecule has 102 valence electrons. The summed E-state index contributed by atoms with van der Waals surface area (Å²) >= 11 is 5.16. The number of aromatic nitrogens is 3. The van der Waals surface area contributed by atoms with Crippen LogP contribution in [0.3, 0.4) is 0 Å². The number of pyridine rings is 1. The first-order chi connectivity index (χ1) is 9.65. The van der Waals surface area contributed by atoms with Crippen molar-refractivity contribution in [3.63, 3.8) is 0 Å². The van der Waals surface area contributed by atoms with Crippen molar-refractivity contribution in [3.05, 3.63) is 52.6 Å². The van der Waals surface area contributed by atoms with E-state index in [1.807, 2.05) is 41.8 Å². The Bertz CT molecular complexity index is 754. The minimum atomic E-state index is 0.0271. The highest BCUT2D eigenvalue weighted by molar-refractivity contribution is 9.10. The zero-order valence-corrected chi connectivity index (χ0v) is 13.2. The number of rotatable bonds is 3. The van der Waals surface area contributed by atoms with E-state index in [-0.39, 0.29) is 6.04 Å². The number of nitrogens with zero attached hydrogens (tertiary/aromatic N) is 3. The summed E-state index contributed by atoms with van der Waals surface area (Å²) in [5.74, 6) is 0. The van der Waals surface area contributed by atoms with Crippen LogP contribution < -0.4 is 5.73 Å². The largest absolute Gasteiger partial charge is 0.324 e. The summed E-state index contributed by atoms with van der Waals surface area (Å²) in [5, 5.41) is 9.21. The lowest BCUT2D eigenvalue weighted by molar-refractivity contribution is 0.815. The molecule has 2 aromatic heterocycles. The Morgan fingerprint density at radius 3 is 2.85 bits per heavy atom. The van der Waals surface area contributed by atoms with Gasteiger partial charge >= 0.3 is 0 Å². The molecule has 4 nitrogen and oxygen atoms in total. The Hall–Kier alpha value is -1.37. The van der Waals surface area contributed by atoms with Crippen molar-refractivity contribution in [2.45, 2.75) is 23.0 Å². The number of hydrogen-bond acceptors (Lipinski definition) is 4. The molecule has 6 heteroatoms. The Kier molecular flexibility index (Phi) is 3.78. The molecule has 0 saturated carbocycles. The van der Waals surface area contributed by atoms with Crippen LogP contribution in [-0.4, -0.2) is 14.6 Å². The molecule has 0 spiro atoms. The molecule has 2 heterocycles. The molecule has 2 N–H and O–H groups in total. The third-order valence-electron chi connectivity index (χ3n) is 2.97. The molecule has 1 unspecified atom stereocenters. The fourth-order valence-corrected chi connectivity index (χ4v) is 3.33. The molecule has 0 aliphatic heterocycles. The van der Waals surface area contributed by atoms with Crippen LogP contribution in [-0.2, 0) is 0 Å². The number of benzene rings is 1. The van der Waals surface area contributed by atoms with E-state index in [1.54, 1.807) is 11.8 Å². The zero-order chi connectivity index (χ0) is 14.1. The van der Waals surface area contributed by atoms with Gasteiger partial charge in [0.2, 0.25) is 0 Å². The van der Waals surface area contributed by atoms with E-state index in [0.29, 0.717) is 0 Å². The van der Waals surface area contributed by atoms with Crippen molar-refractivity contribution in [1.82, 2.24) is 14.6 Å². The lowest BCUT2D eigenvalue weighted by atomic mass is 10.1. The molecule has 0 aliphatic rings. The van der Waals surface area contributed by atoms with Gasteiger partial charge in [0.05, 0.1) is 0 Å². The Morgan fingerprint density at radius 1 is 1.25 bits per heavy atom. The summed E-state index contributed by atoms with van der Waals surface area (Å²) in [6.45, 7) is 1.97. The van der Waals surface area contributed by atoms with Gasteiger partial charge in [0.25, 0.3) is 0 Å². The number of hydrogen-bond donors (Lipinski definition) is 1. The van der Waals surface area contributed by atoms with E-state index < -0.39 is 0 Å². The van der Waals surface area contributed by atoms with Crippen LogP contribution in [0, 0.1) is 0 Å². The van der Waals surface area contributed by atoms with Crippen LogP contribution in [0.15, 0.2) is 57.1 Å². The predicted molar refractivity (Wildman–Crippen MR) is 83.9 cm³/mol. The van der Waals surface area contributed by atoms with Crippen molar-refractivity contribution in [3.8, 4) is 0 Å². The molecule has 0 fully saturated rings. The summed E-state index contributed by atoms with van der Waals surface area (Å²) in [7, 11) is 0. The fraction of sp³-hybridized carbons (Fsp3) is 0.143. The quantitative estimate of drug-likeness (QED) is 0.784. The smallest absolute Gasteiger partial charge is 0.200 e. The summed E-state index contributed by atoms with van der Waals surface area (Å²) in [4.78, 5) is 1.09. The van der Waals surface area contributed by atoms with Crippen molar-refractivity contribution >= 4 is 33.3 Å². The van der Waals surface area contributed by atoms with Gasteiger partial charge in [-0.1, -0.05) is 12.1 Å². The standard InChI is InChI=1S/C14H13BrN4S/c1-9(16)10-5-6-12(11(15)8-10)20-14-18-17-13-4-2-3-7-19(13)14/h2-9H,16H2,1H3. The highest BCUT2D eigenvalue weighted by Crippen LogP contribution is 2.34. The lowest BCUT2D eigenvalue weighted by Gasteiger charge is -2.08. The maximum absolute atomic E-state index is 5.89. The third kappa shape index (κ3) is 2.59. The summed E-state index contributed by atoms with van der Waals surface area (Å²) in [5.41, 5.74) is 7.84. The van der Waals surface area contributed by atoms with Gasteiger partial charge in [0, 0.05) is 21.6 Å². The molecule has 0 saturated heterocycles. The Balaban J connectivity index is 1.95. The van der Waals surface area contributed by atoms with Gasteiger partial charge < -0.3 is 5.73 Å². The lowest BCUT2D eigenvalue weighted by Crippen LogP contribution is -2.04. The molecule has 0 amide bonds. The number of fused-ring (bicyclic) bond motifs is 1. The summed E-state index contributed by atoms with van der Waals surface area (Å²) in [6, 6.07) is 12.0. The highest BCUT2D eigenvalue weighted by Gasteiger charge is 2.10. The molecule has 3 aromatic rings. The Morgan fingerprint density at radius 2 is 2.10 bits per heavy atom. The van der Waals surface area contributed by atoms with Crippen LogP contribution in [0.2, 0.25) is 0 Å². The maximum Gasteiger partial charge on any atom is 0.200 e. The van der Waals surface area contributed by atoms with Crippen LogP contribution in [0.5, 0.6) is 0 Å². The summed E-state index contributed by atoms with van der Waals surface area (Å²) < 4.78 is 2.99. The third-order valence-corrected chi connectivity index (χ3v) is 4.92. The second kappa shape index (κ2) is 5.55. The normalized spacial score (nSPS) is 12.8.